The van der Waals surface area contributed by atoms with Gasteiger partial charge in [-0.05, 0) is 31.0 Å². The molecule has 0 spiro atoms. The first-order valence-corrected chi connectivity index (χ1v) is 8.35. The summed E-state index contributed by atoms with van der Waals surface area (Å²) in [7, 11) is 3.71. The number of rotatable bonds is 10. The van der Waals surface area contributed by atoms with Gasteiger partial charge in [0.25, 0.3) is 0 Å². The number of methoxy groups -OCH3 is 1. The smallest absolute Gasteiger partial charge is 0.193 e. The predicted octanol–water partition coefficient (Wildman–Crippen LogP) is 3.41. The van der Waals surface area contributed by atoms with Gasteiger partial charge in [0.2, 0.25) is 0 Å². The van der Waals surface area contributed by atoms with Crippen molar-refractivity contribution in [3.05, 3.63) is 34.9 Å². The summed E-state index contributed by atoms with van der Waals surface area (Å²) >= 11 is 5.92. The van der Waals surface area contributed by atoms with Gasteiger partial charge in [-0.2, -0.15) is 0 Å². The first kappa shape index (κ1) is 23.4. The number of nitrogens with one attached hydrogen (secondary N) is 1. The van der Waals surface area contributed by atoms with E-state index in [1.165, 1.54) is 5.56 Å². The molecule has 0 amide bonds. The highest BCUT2D eigenvalue weighted by Gasteiger charge is 2.06. The summed E-state index contributed by atoms with van der Waals surface area (Å²) in [6.07, 6.45) is 0.896. The molecule has 24 heavy (non-hydrogen) atoms. The highest BCUT2D eigenvalue weighted by atomic mass is 127. The van der Waals surface area contributed by atoms with Crippen molar-refractivity contribution in [2.45, 2.75) is 19.9 Å². The summed E-state index contributed by atoms with van der Waals surface area (Å²) in [5.74, 6) is 0.902. The fourth-order valence-electron chi connectivity index (χ4n) is 2.00. The van der Waals surface area contributed by atoms with Crippen molar-refractivity contribution >= 4 is 41.5 Å². The van der Waals surface area contributed by atoms with Crippen LogP contribution in [0.1, 0.15) is 18.9 Å². The Labute approximate surface area is 167 Å². The van der Waals surface area contributed by atoms with E-state index in [2.05, 4.69) is 22.1 Å². The number of benzene rings is 1. The number of hydrogen-bond acceptors (Lipinski definition) is 3. The molecule has 0 atom stereocenters. The zero-order chi connectivity index (χ0) is 16.9. The third-order valence-corrected chi connectivity index (χ3v) is 3.42. The molecular formula is C17H29ClIN3O2. The molecule has 0 unspecified atom stereocenters. The third kappa shape index (κ3) is 10.3. The Morgan fingerprint density at radius 2 is 1.92 bits per heavy atom. The summed E-state index contributed by atoms with van der Waals surface area (Å²) in [5, 5.41) is 4.07. The van der Waals surface area contributed by atoms with Gasteiger partial charge in [-0.15, -0.1) is 24.0 Å². The van der Waals surface area contributed by atoms with Crippen LogP contribution in [0.15, 0.2) is 29.3 Å². The molecule has 7 heteroatoms. The van der Waals surface area contributed by atoms with Crippen LogP contribution < -0.4 is 5.32 Å². The molecule has 1 N–H and O–H groups in total. The van der Waals surface area contributed by atoms with Crippen LogP contribution in [-0.2, 0) is 16.0 Å². The van der Waals surface area contributed by atoms with Crippen molar-refractivity contribution in [1.82, 2.24) is 10.2 Å². The van der Waals surface area contributed by atoms with Gasteiger partial charge in [0.05, 0.1) is 13.2 Å². The second kappa shape index (κ2) is 14.7. The number of aliphatic imine (C=N–C) groups is 1. The molecule has 0 aromatic heterocycles. The molecule has 0 radical (unpaired) electrons. The number of hydrogen-bond donors (Lipinski definition) is 1. The average Bonchev–Trinajstić information content (AvgIpc) is 2.55. The Morgan fingerprint density at radius 3 is 2.54 bits per heavy atom. The minimum absolute atomic E-state index is 0. The fraction of sp³-hybridized carbons (Fsp3) is 0.588. The van der Waals surface area contributed by atoms with Crippen molar-refractivity contribution in [3.63, 3.8) is 0 Å². The van der Waals surface area contributed by atoms with Crippen molar-refractivity contribution in [1.29, 1.82) is 0 Å². The molecule has 0 aliphatic carbocycles. The second-order valence-corrected chi connectivity index (χ2v) is 5.61. The van der Waals surface area contributed by atoms with E-state index in [1.807, 2.05) is 31.3 Å². The van der Waals surface area contributed by atoms with E-state index in [-0.39, 0.29) is 24.0 Å². The number of guanidine groups is 1. The SMILES string of the molecule is CCNC(=NCCCOCCOC)N(C)Cc1ccc(Cl)cc1.I. The van der Waals surface area contributed by atoms with E-state index in [0.29, 0.717) is 19.8 Å². The predicted molar refractivity (Wildman–Crippen MR) is 112 cm³/mol. The fourth-order valence-corrected chi connectivity index (χ4v) is 2.13. The van der Waals surface area contributed by atoms with Gasteiger partial charge >= 0.3 is 0 Å². The lowest BCUT2D eigenvalue weighted by Crippen LogP contribution is -2.38. The van der Waals surface area contributed by atoms with Crippen molar-refractivity contribution in [3.8, 4) is 0 Å². The lowest BCUT2D eigenvalue weighted by molar-refractivity contribution is 0.0702. The minimum Gasteiger partial charge on any atom is -0.382 e. The largest absolute Gasteiger partial charge is 0.382 e. The van der Waals surface area contributed by atoms with Gasteiger partial charge < -0.3 is 19.7 Å². The molecule has 0 bridgehead atoms. The van der Waals surface area contributed by atoms with Crippen molar-refractivity contribution in [2.24, 2.45) is 4.99 Å². The summed E-state index contributed by atoms with van der Waals surface area (Å²) in [6.45, 7) is 6.40. The molecule has 0 aliphatic rings. The van der Waals surface area contributed by atoms with Crippen LogP contribution >= 0.6 is 35.6 Å². The summed E-state index contributed by atoms with van der Waals surface area (Å²) in [6, 6.07) is 7.89. The normalized spacial score (nSPS) is 11.1. The Morgan fingerprint density at radius 1 is 1.21 bits per heavy atom. The van der Waals surface area contributed by atoms with Gasteiger partial charge in [0.1, 0.15) is 0 Å². The maximum Gasteiger partial charge on any atom is 0.193 e. The molecule has 0 heterocycles. The van der Waals surface area contributed by atoms with Crippen LogP contribution in [0.2, 0.25) is 5.02 Å². The van der Waals surface area contributed by atoms with Crippen LogP contribution in [-0.4, -0.2) is 57.9 Å². The van der Waals surface area contributed by atoms with E-state index in [1.54, 1.807) is 7.11 Å². The maximum atomic E-state index is 5.92. The first-order chi connectivity index (χ1) is 11.2. The standard InChI is InChI=1S/C17H28ClN3O2.HI/c1-4-19-17(20-10-5-11-23-13-12-22-3)21(2)14-15-6-8-16(18)9-7-15;/h6-9H,4-5,10-14H2,1-3H3,(H,19,20);1H. The number of halogens is 2. The third-order valence-electron chi connectivity index (χ3n) is 3.17. The van der Waals surface area contributed by atoms with Gasteiger partial charge in [0.15, 0.2) is 5.96 Å². The molecule has 0 saturated heterocycles. The topological polar surface area (TPSA) is 46.1 Å². The molecule has 138 valence electrons. The van der Waals surface area contributed by atoms with E-state index in [4.69, 9.17) is 21.1 Å². The maximum absolute atomic E-state index is 5.92. The lowest BCUT2D eigenvalue weighted by atomic mass is 10.2. The van der Waals surface area contributed by atoms with E-state index >= 15 is 0 Å². The van der Waals surface area contributed by atoms with Crippen LogP contribution in [0.25, 0.3) is 0 Å². The minimum atomic E-state index is 0. The molecule has 0 aliphatic heterocycles. The quantitative estimate of drug-likeness (QED) is 0.247. The average molecular weight is 470 g/mol. The number of ether oxygens (including phenoxy) is 2. The summed E-state index contributed by atoms with van der Waals surface area (Å²) in [4.78, 5) is 6.75. The van der Waals surface area contributed by atoms with Gasteiger partial charge in [-0.25, -0.2) is 0 Å². The monoisotopic (exact) mass is 469 g/mol. The summed E-state index contributed by atoms with van der Waals surface area (Å²) < 4.78 is 10.4. The van der Waals surface area contributed by atoms with Crippen molar-refractivity contribution < 1.29 is 9.47 Å². The number of nitrogens with zero attached hydrogens (tertiary/aromatic N) is 2. The highest BCUT2D eigenvalue weighted by molar-refractivity contribution is 14.0. The summed E-state index contributed by atoms with van der Waals surface area (Å²) in [5.41, 5.74) is 1.20. The highest BCUT2D eigenvalue weighted by Crippen LogP contribution is 2.11. The Balaban J connectivity index is 0.00000529. The van der Waals surface area contributed by atoms with E-state index in [9.17, 15) is 0 Å². The molecule has 1 rings (SSSR count). The Kier molecular flexibility index (Phi) is 14.4. The van der Waals surface area contributed by atoms with Gasteiger partial charge in [-0.1, -0.05) is 23.7 Å². The van der Waals surface area contributed by atoms with Crippen LogP contribution in [0.3, 0.4) is 0 Å². The zero-order valence-electron chi connectivity index (χ0n) is 14.8. The second-order valence-electron chi connectivity index (χ2n) is 5.18. The Hall–Kier alpha value is -0.570. The zero-order valence-corrected chi connectivity index (χ0v) is 17.8. The molecule has 1 aromatic rings. The molecular weight excluding hydrogens is 441 g/mol. The molecule has 5 nitrogen and oxygen atoms in total. The Bertz CT molecular complexity index is 458. The van der Waals surface area contributed by atoms with Crippen LogP contribution in [0.5, 0.6) is 0 Å². The van der Waals surface area contributed by atoms with E-state index < -0.39 is 0 Å². The van der Waals surface area contributed by atoms with Crippen LogP contribution in [0, 0.1) is 0 Å². The molecule has 0 fully saturated rings. The van der Waals surface area contributed by atoms with E-state index in [0.717, 1.165) is 37.0 Å². The molecule has 0 saturated carbocycles. The molecule has 1 aromatic carbocycles. The first-order valence-electron chi connectivity index (χ1n) is 7.98. The van der Waals surface area contributed by atoms with Crippen LogP contribution in [0.4, 0.5) is 0 Å². The van der Waals surface area contributed by atoms with Gasteiger partial charge in [0, 0.05) is 45.4 Å². The lowest BCUT2D eigenvalue weighted by Gasteiger charge is -2.22. The van der Waals surface area contributed by atoms with Crippen molar-refractivity contribution in [2.75, 3.05) is 47.1 Å². The van der Waals surface area contributed by atoms with Gasteiger partial charge in [-0.3, -0.25) is 4.99 Å².